The average Bonchev–Trinajstić information content (AvgIpc) is 2.98. The van der Waals surface area contributed by atoms with E-state index in [1.165, 1.54) is 6.07 Å². The molecule has 1 saturated heterocycles. The summed E-state index contributed by atoms with van der Waals surface area (Å²) < 4.78 is 13.6. The second-order valence-electron chi connectivity index (χ2n) is 5.76. The monoisotopic (exact) mass is 292 g/mol. The number of carbonyl (C=O) groups is 2. The molecule has 2 rings (SSSR count). The fraction of sp³-hybridized carbons (Fsp3) is 0.500. The van der Waals surface area contributed by atoms with Gasteiger partial charge in [0.2, 0.25) is 5.91 Å². The normalized spacial score (nSPS) is 18.2. The minimum atomic E-state index is -0.788. The lowest BCUT2D eigenvalue weighted by Crippen LogP contribution is -2.21. The van der Waals surface area contributed by atoms with Gasteiger partial charge in [-0.15, -0.1) is 0 Å². The van der Waals surface area contributed by atoms with E-state index in [1.807, 2.05) is 13.8 Å². The molecule has 1 aromatic carbocycles. The van der Waals surface area contributed by atoms with Crippen LogP contribution in [0, 0.1) is 5.92 Å². The maximum Gasteiger partial charge on any atom is 0.249 e. The fourth-order valence-corrected chi connectivity index (χ4v) is 2.93. The summed E-state index contributed by atoms with van der Waals surface area (Å²) >= 11 is 0. The van der Waals surface area contributed by atoms with E-state index >= 15 is 0 Å². The molecule has 3 N–H and O–H groups in total. The molecular formula is C16H21FN2O2. The Hall–Kier alpha value is -1.75. The predicted molar refractivity (Wildman–Crippen MR) is 79.2 cm³/mol. The third kappa shape index (κ3) is 2.97. The molecule has 1 aliphatic rings. The summed E-state index contributed by atoms with van der Waals surface area (Å²) in [4.78, 5) is 23.9. The number of hydrogen-bond acceptors (Lipinski definition) is 3. The van der Waals surface area contributed by atoms with Crippen molar-refractivity contribution in [3.05, 3.63) is 34.4 Å². The third-order valence-electron chi connectivity index (χ3n) is 4.01. The molecule has 0 spiro atoms. The van der Waals surface area contributed by atoms with Crippen molar-refractivity contribution in [1.82, 2.24) is 5.32 Å². The van der Waals surface area contributed by atoms with Crippen LogP contribution < -0.4 is 11.1 Å². The molecule has 1 aromatic rings. The summed E-state index contributed by atoms with van der Waals surface area (Å²) in [7, 11) is 0. The number of halogens is 1. The molecule has 4 nitrogen and oxygen atoms in total. The second kappa shape index (κ2) is 6.35. The topological polar surface area (TPSA) is 72.2 Å². The number of alkyl halides is 1. The summed E-state index contributed by atoms with van der Waals surface area (Å²) in [5.74, 6) is -0.807. The van der Waals surface area contributed by atoms with E-state index in [1.54, 1.807) is 6.07 Å². The van der Waals surface area contributed by atoms with Gasteiger partial charge in [0.1, 0.15) is 6.67 Å². The Morgan fingerprint density at radius 2 is 2.05 bits per heavy atom. The maximum absolute atomic E-state index is 13.6. The number of nitrogens with one attached hydrogen (secondary N) is 1. The lowest BCUT2D eigenvalue weighted by Gasteiger charge is -2.20. The van der Waals surface area contributed by atoms with Gasteiger partial charge in [-0.25, -0.2) is 4.39 Å². The van der Waals surface area contributed by atoms with Crippen molar-refractivity contribution >= 4 is 11.7 Å². The van der Waals surface area contributed by atoms with Crippen molar-refractivity contribution in [3.63, 3.8) is 0 Å². The maximum atomic E-state index is 13.6. The smallest absolute Gasteiger partial charge is 0.249 e. The minimum Gasteiger partial charge on any atom is -0.366 e. The Kier molecular flexibility index (Phi) is 4.73. The second-order valence-corrected chi connectivity index (χ2v) is 5.76. The lowest BCUT2D eigenvalue weighted by atomic mass is 9.83. The standard InChI is InChI=1S/C16H21FN2O2/c1-9(2)15(20)12-4-3-11(16(18)21)13(7-17)14(12)10-5-6-19-8-10/h3-4,9-10,19H,5-8H2,1-2H3,(H2,18,21). The molecule has 114 valence electrons. The van der Waals surface area contributed by atoms with Crippen LogP contribution in [0.5, 0.6) is 0 Å². The van der Waals surface area contributed by atoms with Crippen LogP contribution in [-0.2, 0) is 6.67 Å². The molecule has 1 atom stereocenters. The number of ketones is 1. The Morgan fingerprint density at radius 3 is 2.52 bits per heavy atom. The average molecular weight is 292 g/mol. The molecule has 1 aliphatic heterocycles. The van der Waals surface area contributed by atoms with Crippen LogP contribution in [0.1, 0.15) is 58.0 Å². The van der Waals surface area contributed by atoms with Crippen LogP contribution in [0.15, 0.2) is 12.1 Å². The first kappa shape index (κ1) is 15.6. The summed E-state index contributed by atoms with van der Waals surface area (Å²) in [5, 5.41) is 3.22. The number of rotatable bonds is 5. The highest BCUT2D eigenvalue weighted by Crippen LogP contribution is 2.33. The van der Waals surface area contributed by atoms with Crippen LogP contribution in [0.25, 0.3) is 0 Å². The first-order valence-corrected chi connectivity index (χ1v) is 7.23. The first-order chi connectivity index (χ1) is 9.97. The molecule has 5 heteroatoms. The predicted octanol–water partition coefficient (Wildman–Crippen LogP) is 2.17. The Balaban J connectivity index is 2.65. The van der Waals surface area contributed by atoms with Gasteiger partial charge in [0.25, 0.3) is 0 Å². The van der Waals surface area contributed by atoms with Gasteiger partial charge >= 0.3 is 0 Å². The van der Waals surface area contributed by atoms with Crippen molar-refractivity contribution in [2.24, 2.45) is 11.7 Å². The van der Waals surface area contributed by atoms with E-state index in [2.05, 4.69) is 5.32 Å². The molecule has 0 saturated carbocycles. The molecule has 0 aliphatic carbocycles. The zero-order valence-electron chi connectivity index (χ0n) is 12.4. The highest BCUT2D eigenvalue weighted by Gasteiger charge is 2.28. The van der Waals surface area contributed by atoms with Crippen molar-refractivity contribution < 1.29 is 14.0 Å². The van der Waals surface area contributed by atoms with Crippen LogP contribution >= 0.6 is 0 Å². The van der Waals surface area contributed by atoms with Crippen LogP contribution in [0.3, 0.4) is 0 Å². The zero-order valence-corrected chi connectivity index (χ0v) is 12.4. The first-order valence-electron chi connectivity index (χ1n) is 7.23. The van der Waals surface area contributed by atoms with E-state index in [4.69, 9.17) is 5.73 Å². The minimum absolute atomic E-state index is 0.0254. The Labute approximate surface area is 123 Å². The van der Waals surface area contributed by atoms with Gasteiger partial charge in [0.15, 0.2) is 5.78 Å². The molecule has 0 bridgehead atoms. The number of primary amides is 1. The van der Waals surface area contributed by atoms with Crippen molar-refractivity contribution in [1.29, 1.82) is 0 Å². The van der Waals surface area contributed by atoms with E-state index < -0.39 is 12.6 Å². The summed E-state index contributed by atoms with van der Waals surface area (Å²) in [5.41, 5.74) is 6.99. The van der Waals surface area contributed by atoms with E-state index in [9.17, 15) is 14.0 Å². The van der Waals surface area contributed by atoms with E-state index in [0.717, 1.165) is 13.0 Å². The van der Waals surface area contributed by atoms with E-state index in [-0.39, 0.29) is 28.7 Å². The summed E-state index contributed by atoms with van der Waals surface area (Å²) in [6.07, 6.45) is 0.827. The van der Waals surface area contributed by atoms with Gasteiger partial charge in [-0.1, -0.05) is 19.9 Å². The zero-order chi connectivity index (χ0) is 15.6. The molecule has 1 unspecified atom stereocenters. The third-order valence-corrected chi connectivity index (χ3v) is 4.01. The van der Waals surface area contributed by atoms with Gasteiger partial charge in [0.05, 0.1) is 0 Å². The van der Waals surface area contributed by atoms with Gasteiger partial charge < -0.3 is 11.1 Å². The number of Topliss-reactive ketones (excluding diaryl/α,β-unsaturated/α-hetero) is 1. The Morgan fingerprint density at radius 1 is 1.38 bits per heavy atom. The SMILES string of the molecule is CC(C)C(=O)c1ccc(C(N)=O)c(CF)c1C1CCNC1. The highest BCUT2D eigenvalue weighted by atomic mass is 19.1. The fourth-order valence-electron chi connectivity index (χ4n) is 2.93. The molecule has 1 fully saturated rings. The molecule has 21 heavy (non-hydrogen) atoms. The molecule has 0 aromatic heterocycles. The van der Waals surface area contributed by atoms with Crippen molar-refractivity contribution in [2.75, 3.05) is 13.1 Å². The van der Waals surface area contributed by atoms with Crippen LogP contribution in [0.2, 0.25) is 0 Å². The number of hydrogen-bond donors (Lipinski definition) is 2. The molecular weight excluding hydrogens is 271 g/mol. The number of amides is 1. The summed E-state index contributed by atoms with van der Waals surface area (Å²) in [6.45, 7) is 4.36. The highest BCUT2D eigenvalue weighted by molar-refractivity contribution is 6.02. The van der Waals surface area contributed by atoms with E-state index in [0.29, 0.717) is 17.7 Å². The number of carbonyl (C=O) groups excluding carboxylic acids is 2. The van der Waals surface area contributed by atoms with Gasteiger partial charge in [-0.2, -0.15) is 0 Å². The van der Waals surface area contributed by atoms with Gasteiger partial charge in [-0.05, 0) is 36.1 Å². The van der Waals surface area contributed by atoms with Crippen LogP contribution in [0.4, 0.5) is 4.39 Å². The summed E-state index contributed by atoms with van der Waals surface area (Å²) in [6, 6.07) is 3.09. The molecule has 1 amide bonds. The van der Waals surface area contributed by atoms with Crippen LogP contribution in [-0.4, -0.2) is 24.8 Å². The lowest BCUT2D eigenvalue weighted by molar-refractivity contribution is 0.0935. The van der Waals surface area contributed by atoms with Gasteiger partial charge in [0, 0.05) is 23.6 Å². The molecule has 1 heterocycles. The van der Waals surface area contributed by atoms with Gasteiger partial charge in [-0.3, -0.25) is 9.59 Å². The van der Waals surface area contributed by atoms with Crippen molar-refractivity contribution in [2.45, 2.75) is 32.9 Å². The molecule has 0 radical (unpaired) electrons. The Bertz CT molecular complexity index is 564. The van der Waals surface area contributed by atoms with Crippen molar-refractivity contribution in [3.8, 4) is 0 Å². The number of benzene rings is 1. The number of nitrogens with two attached hydrogens (primary N) is 1. The quantitative estimate of drug-likeness (QED) is 0.817. The largest absolute Gasteiger partial charge is 0.366 e.